The highest BCUT2D eigenvalue weighted by atomic mass is 79.9. The summed E-state index contributed by atoms with van der Waals surface area (Å²) < 4.78 is 2.62. The molecule has 0 radical (unpaired) electrons. The van der Waals surface area contributed by atoms with Crippen molar-refractivity contribution < 1.29 is 0 Å². The minimum atomic E-state index is -0.449. The van der Waals surface area contributed by atoms with E-state index in [9.17, 15) is 5.26 Å². The predicted molar refractivity (Wildman–Crippen MR) is 83.7 cm³/mol. The predicted octanol–water partition coefficient (Wildman–Crippen LogP) is 4.56. The molecular weight excluding hydrogens is 340 g/mol. The molecule has 1 unspecified atom stereocenters. The van der Waals surface area contributed by atoms with Gasteiger partial charge in [0.25, 0.3) is 0 Å². The van der Waals surface area contributed by atoms with Crippen LogP contribution in [0.4, 0.5) is 5.69 Å². The monoisotopic (exact) mass is 352 g/mol. The van der Waals surface area contributed by atoms with Gasteiger partial charge in [-0.3, -0.25) is 4.68 Å². The number of halogens is 2. The van der Waals surface area contributed by atoms with Crippen LogP contribution in [0, 0.1) is 11.3 Å². The van der Waals surface area contributed by atoms with Gasteiger partial charge in [0, 0.05) is 28.0 Å². The van der Waals surface area contributed by atoms with Crippen molar-refractivity contribution in [1.82, 2.24) is 9.78 Å². The summed E-state index contributed by atoms with van der Waals surface area (Å²) in [5, 5.41) is 17.4. The number of hydrogen-bond acceptors (Lipinski definition) is 3. The standard InChI is InChI=1S/C14H14BrClN4/c1-9(2)20-8-10(7-18-20)14(6-17)19-11-3-4-13(16)12(15)5-11/h3-5,7-9,14,19H,1-2H3. The Morgan fingerprint density at radius 2 is 2.20 bits per heavy atom. The van der Waals surface area contributed by atoms with Crippen LogP contribution in [0.3, 0.4) is 0 Å². The highest BCUT2D eigenvalue weighted by Gasteiger charge is 2.14. The molecule has 0 aliphatic heterocycles. The van der Waals surface area contributed by atoms with Gasteiger partial charge in [0.1, 0.15) is 6.04 Å². The molecule has 0 aliphatic rings. The molecule has 1 atom stereocenters. The Balaban J connectivity index is 2.20. The Morgan fingerprint density at radius 1 is 1.45 bits per heavy atom. The van der Waals surface area contributed by atoms with Crippen molar-refractivity contribution in [3.05, 3.63) is 45.7 Å². The lowest BCUT2D eigenvalue weighted by Crippen LogP contribution is -2.08. The minimum Gasteiger partial charge on any atom is -0.366 e. The van der Waals surface area contributed by atoms with Crippen LogP contribution in [-0.2, 0) is 0 Å². The smallest absolute Gasteiger partial charge is 0.143 e. The van der Waals surface area contributed by atoms with Crippen LogP contribution in [0.1, 0.15) is 31.5 Å². The molecule has 0 saturated carbocycles. The van der Waals surface area contributed by atoms with Gasteiger partial charge in [-0.1, -0.05) is 11.6 Å². The molecule has 0 spiro atoms. The van der Waals surface area contributed by atoms with Gasteiger partial charge >= 0.3 is 0 Å². The average molecular weight is 354 g/mol. The molecule has 2 aromatic rings. The molecule has 0 bridgehead atoms. The van der Waals surface area contributed by atoms with Crippen LogP contribution < -0.4 is 5.32 Å². The lowest BCUT2D eigenvalue weighted by Gasteiger charge is -2.12. The third kappa shape index (κ3) is 3.33. The van der Waals surface area contributed by atoms with Gasteiger partial charge in [-0.05, 0) is 48.0 Å². The molecule has 1 heterocycles. The summed E-state index contributed by atoms with van der Waals surface area (Å²) in [5.41, 5.74) is 1.66. The van der Waals surface area contributed by atoms with Crippen LogP contribution in [0.25, 0.3) is 0 Å². The minimum absolute atomic E-state index is 0.271. The van der Waals surface area contributed by atoms with Crippen LogP contribution in [0.2, 0.25) is 5.02 Å². The van der Waals surface area contributed by atoms with E-state index in [0.29, 0.717) is 5.02 Å². The van der Waals surface area contributed by atoms with Gasteiger partial charge in [0.2, 0.25) is 0 Å². The van der Waals surface area contributed by atoms with E-state index in [-0.39, 0.29) is 6.04 Å². The molecule has 0 amide bonds. The Morgan fingerprint density at radius 3 is 2.75 bits per heavy atom. The maximum absolute atomic E-state index is 9.33. The van der Waals surface area contributed by atoms with Crippen molar-refractivity contribution in [3.63, 3.8) is 0 Å². The number of hydrogen-bond donors (Lipinski definition) is 1. The topological polar surface area (TPSA) is 53.6 Å². The lowest BCUT2D eigenvalue weighted by molar-refractivity contribution is 0.532. The summed E-state index contributed by atoms with van der Waals surface area (Å²) in [6.45, 7) is 4.09. The number of anilines is 1. The largest absolute Gasteiger partial charge is 0.366 e. The second-order valence-electron chi connectivity index (χ2n) is 4.68. The number of nitrogens with one attached hydrogen (secondary N) is 1. The van der Waals surface area contributed by atoms with E-state index in [4.69, 9.17) is 11.6 Å². The number of benzene rings is 1. The Bertz CT molecular complexity index is 645. The van der Waals surface area contributed by atoms with Crippen molar-refractivity contribution in [1.29, 1.82) is 5.26 Å². The molecule has 1 aromatic carbocycles. The second kappa shape index (κ2) is 6.29. The molecule has 6 heteroatoms. The van der Waals surface area contributed by atoms with Crippen LogP contribution in [0.15, 0.2) is 35.1 Å². The fourth-order valence-corrected chi connectivity index (χ4v) is 2.22. The summed E-state index contributed by atoms with van der Waals surface area (Å²) in [6.07, 6.45) is 3.60. The van der Waals surface area contributed by atoms with E-state index in [1.54, 1.807) is 12.3 Å². The molecule has 1 N–H and O–H groups in total. The SMILES string of the molecule is CC(C)n1cc(C(C#N)Nc2ccc(Cl)c(Br)c2)cn1. The maximum Gasteiger partial charge on any atom is 0.143 e. The van der Waals surface area contributed by atoms with Gasteiger partial charge in [-0.15, -0.1) is 0 Å². The van der Waals surface area contributed by atoms with Gasteiger partial charge in [0.15, 0.2) is 0 Å². The van der Waals surface area contributed by atoms with E-state index in [1.807, 2.05) is 36.9 Å². The Hall–Kier alpha value is -1.51. The van der Waals surface area contributed by atoms with Crippen molar-refractivity contribution >= 4 is 33.2 Å². The zero-order valence-corrected chi connectivity index (χ0v) is 13.5. The summed E-state index contributed by atoms with van der Waals surface area (Å²) >= 11 is 9.32. The van der Waals surface area contributed by atoms with E-state index in [1.165, 1.54) is 0 Å². The molecule has 1 aromatic heterocycles. The molecular formula is C14H14BrClN4. The van der Waals surface area contributed by atoms with E-state index >= 15 is 0 Å². The molecule has 0 saturated heterocycles. The third-order valence-electron chi connectivity index (χ3n) is 2.84. The molecule has 4 nitrogen and oxygen atoms in total. The Labute approximate surface area is 131 Å². The van der Waals surface area contributed by atoms with Crippen LogP contribution in [-0.4, -0.2) is 9.78 Å². The second-order valence-corrected chi connectivity index (χ2v) is 5.94. The number of nitriles is 1. The third-order valence-corrected chi connectivity index (χ3v) is 4.06. The number of aromatic nitrogens is 2. The van der Waals surface area contributed by atoms with Crippen molar-refractivity contribution in [2.75, 3.05) is 5.32 Å². The normalized spacial score (nSPS) is 12.2. The fraction of sp³-hybridized carbons (Fsp3) is 0.286. The highest BCUT2D eigenvalue weighted by molar-refractivity contribution is 9.10. The first-order valence-corrected chi connectivity index (χ1v) is 7.33. The van der Waals surface area contributed by atoms with Crippen LogP contribution >= 0.6 is 27.5 Å². The van der Waals surface area contributed by atoms with Crippen molar-refractivity contribution in [3.8, 4) is 6.07 Å². The lowest BCUT2D eigenvalue weighted by atomic mass is 10.1. The van der Waals surface area contributed by atoms with Crippen molar-refractivity contribution in [2.45, 2.75) is 25.9 Å². The van der Waals surface area contributed by atoms with E-state index in [2.05, 4.69) is 32.4 Å². The quantitative estimate of drug-likeness (QED) is 0.877. The first-order chi connectivity index (χ1) is 9.51. The molecule has 0 fully saturated rings. The average Bonchev–Trinajstić information content (AvgIpc) is 2.89. The summed E-state index contributed by atoms with van der Waals surface area (Å²) in [4.78, 5) is 0. The Kier molecular flexibility index (Phi) is 4.69. The van der Waals surface area contributed by atoms with Gasteiger partial charge in [-0.25, -0.2) is 0 Å². The summed E-state index contributed by atoms with van der Waals surface area (Å²) in [6, 6.07) is 7.53. The van der Waals surface area contributed by atoms with E-state index < -0.39 is 6.04 Å². The molecule has 20 heavy (non-hydrogen) atoms. The van der Waals surface area contributed by atoms with Gasteiger partial charge in [-0.2, -0.15) is 10.4 Å². The fourth-order valence-electron chi connectivity index (χ4n) is 1.73. The molecule has 0 aliphatic carbocycles. The zero-order chi connectivity index (χ0) is 14.7. The molecule has 104 valence electrons. The summed E-state index contributed by atoms with van der Waals surface area (Å²) in [5.74, 6) is 0. The number of rotatable bonds is 4. The summed E-state index contributed by atoms with van der Waals surface area (Å²) in [7, 11) is 0. The molecule has 2 rings (SSSR count). The van der Waals surface area contributed by atoms with Crippen LogP contribution in [0.5, 0.6) is 0 Å². The van der Waals surface area contributed by atoms with Gasteiger partial charge < -0.3 is 5.32 Å². The zero-order valence-electron chi connectivity index (χ0n) is 11.1. The first kappa shape index (κ1) is 14.9. The maximum atomic E-state index is 9.33. The highest BCUT2D eigenvalue weighted by Crippen LogP contribution is 2.27. The first-order valence-electron chi connectivity index (χ1n) is 6.16. The van der Waals surface area contributed by atoms with Crippen molar-refractivity contribution in [2.24, 2.45) is 0 Å². The number of nitrogens with zero attached hydrogens (tertiary/aromatic N) is 3. The van der Waals surface area contributed by atoms with Gasteiger partial charge in [0.05, 0.1) is 17.3 Å². The van der Waals surface area contributed by atoms with E-state index in [0.717, 1.165) is 15.7 Å².